The van der Waals surface area contributed by atoms with Crippen molar-refractivity contribution in [3.05, 3.63) is 220 Å². The van der Waals surface area contributed by atoms with Crippen molar-refractivity contribution in [2.24, 2.45) is 23.7 Å². The van der Waals surface area contributed by atoms with E-state index in [2.05, 4.69) is 45.3 Å². The lowest BCUT2D eigenvalue weighted by atomic mass is 9.79. The summed E-state index contributed by atoms with van der Waals surface area (Å²) in [7, 11) is 4.29. The smallest absolute Gasteiger partial charge is 0.411 e. The number of methoxy groups -OCH3 is 1. The number of ketones is 1. The second-order valence-corrected chi connectivity index (χ2v) is 34.1. The number of carbonyl (C=O) groups is 11. The van der Waals surface area contributed by atoms with Crippen molar-refractivity contribution in [1.29, 1.82) is 0 Å². The summed E-state index contributed by atoms with van der Waals surface area (Å²) < 4.78 is 54.0. The Balaban J connectivity index is 0.000000442. The van der Waals surface area contributed by atoms with Crippen molar-refractivity contribution in [2.75, 3.05) is 27.8 Å². The van der Waals surface area contributed by atoms with Crippen LogP contribution in [0.4, 0.5) is 22.8 Å². The van der Waals surface area contributed by atoms with Crippen LogP contribution < -0.4 is 32.7 Å². The number of aliphatic carboxylic acids is 1. The molecule has 4 unspecified atom stereocenters. The monoisotopic (exact) mass is 1790 g/mol. The number of halogens is 3. The Morgan fingerprint density at radius 2 is 0.969 bits per heavy atom. The number of aldehydes is 1. The van der Waals surface area contributed by atoms with Crippen molar-refractivity contribution in [3.8, 4) is 6.57 Å². The largest absolute Gasteiger partial charge is 0.480 e. The number of carboxylic acids is 1. The molecule has 2 heterocycles. The molecule has 8 amide bonds. The zero-order chi connectivity index (χ0) is 95.4. The van der Waals surface area contributed by atoms with Gasteiger partial charge in [0.25, 0.3) is 12.5 Å². The zero-order valence-corrected chi connectivity index (χ0v) is 77.0. The van der Waals surface area contributed by atoms with E-state index in [1.165, 1.54) is 53.8 Å². The summed E-state index contributed by atoms with van der Waals surface area (Å²) in [6.07, 6.45) is -3.95. The summed E-state index contributed by atoms with van der Waals surface area (Å²) in [5, 5.41) is 50.2. The molecular formula is C96H134F3N10O19+. The lowest BCUT2D eigenvalue weighted by Gasteiger charge is -2.41. The number of hydrogen-bond donors (Lipinski definition) is 10. The highest BCUT2D eigenvalue weighted by molar-refractivity contribution is 5.98. The van der Waals surface area contributed by atoms with Gasteiger partial charge in [-0.15, -0.1) is 0 Å². The summed E-state index contributed by atoms with van der Waals surface area (Å²) in [6.45, 7) is 31.1. The molecule has 0 spiro atoms. The average Bonchev–Trinajstić information content (AvgIpc) is 1.62. The highest BCUT2D eigenvalue weighted by atomic mass is 19.4. The molecule has 128 heavy (non-hydrogen) atoms. The van der Waals surface area contributed by atoms with Gasteiger partial charge in [-0.2, -0.15) is 13.2 Å². The Kier molecular flexibility index (Phi) is 45.6. The van der Waals surface area contributed by atoms with Crippen LogP contribution in [0.2, 0.25) is 0 Å². The summed E-state index contributed by atoms with van der Waals surface area (Å²) in [5.41, 5.74) is 3.46. The van der Waals surface area contributed by atoms with Crippen molar-refractivity contribution in [2.45, 2.75) is 258 Å². The predicted octanol–water partition coefficient (Wildman–Crippen LogP) is 13.4. The molecule has 2 saturated heterocycles. The number of likely N-dealkylation sites (N-methyl/N-ethyl adjacent to an activating group) is 2. The van der Waals surface area contributed by atoms with E-state index in [0.29, 0.717) is 38.0 Å². The molecule has 9 rings (SSSR count). The molecule has 12 N–H and O–H groups in total. The van der Waals surface area contributed by atoms with E-state index in [0.717, 1.165) is 62.3 Å². The molecule has 1 saturated carbocycles. The average molecular weight is 1790 g/mol. The Hall–Kier alpha value is -11.5. The van der Waals surface area contributed by atoms with Gasteiger partial charge in [0.1, 0.15) is 60.5 Å². The van der Waals surface area contributed by atoms with Crippen LogP contribution in [0.5, 0.6) is 0 Å². The fourth-order valence-electron chi connectivity index (χ4n) is 13.7. The van der Waals surface area contributed by atoms with Crippen LogP contribution in [0.1, 0.15) is 207 Å². The molecule has 2 aliphatic heterocycles. The lowest BCUT2D eigenvalue weighted by molar-refractivity contribution is -0.179. The SMILES string of the molecule is C#[N+]C(c1ccccc1)c1ccccc1.CC(C)CCC=O.CC[C@@H](C)C(=O)N[C@@H]1C(=O)N2C(C(=O)NC(c3ccccc3)c3ccccc3)CC[C@@H]2O[C@@H]1C.COC1(C)CCC(C(=O)NC(c2ccccc2)c2ccccc2)C1C(=O)[C@@H](NC(=O)[C@H](C)N(C)C(=O)OC(C)(C)C)[C@H](C)O.C[C@@H](O)[C@H](NC(=O)[C@H](C)N(C)C(=O)OC(C)(C)C)C(=O)O.N.OCC(F)(F)F. The first kappa shape index (κ1) is 111. The van der Waals surface area contributed by atoms with Crippen molar-refractivity contribution < 1.29 is 105 Å². The van der Waals surface area contributed by atoms with E-state index in [1.54, 1.807) is 55.4 Å². The number of alkyl halides is 3. The van der Waals surface area contributed by atoms with E-state index in [4.69, 9.17) is 35.7 Å². The fourth-order valence-corrected chi connectivity index (χ4v) is 13.7. The van der Waals surface area contributed by atoms with E-state index in [-0.39, 0.29) is 47.8 Å². The Labute approximate surface area is 750 Å². The first-order chi connectivity index (χ1) is 59.6. The number of hydrogen-bond acceptors (Lipinski definition) is 19. The van der Waals surface area contributed by atoms with Crippen molar-refractivity contribution >= 4 is 65.7 Å². The highest BCUT2D eigenvalue weighted by Gasteiger charge is 2.55. The molecule has 32 heteroatoms. The quantitative estimate of drug-likeness (QED) is 0.0204. The molecule has 3 aliphatic rings. The molecule has 1 aliphatic carbocycles. The van der Waals surface area contributed by atoms with E-state index in [1.807, 2.05) is 196 Å². The van der Waals surface area contributed by atoms with Crippen LogP contribution in [0, 0.1) is 30.2 Å². The first-order valence-electron chi connectivity index (χ1n) is 42.5. The van der Waals surface area contributed by atoms with Gasteiger partial charge < -0.3 is 81.8 Å². The van der Waals surface area contributed by atoms with Gasteiger partial charge in [0.15, 0.2) is 11.8 Å². The standard InChI is InChI=1S/C34H47N3O7.C27H33N3O4.C14H12N.C13H24N2O6.C6H12O.C2H3F3O.H3N/c1-21(37(7)32(42)44-33(3,4)5)30(40)35-27(22(2)38)29(39)26-25(19-20-34(26,6)43-8)31(41)36-28(23-15-11-9-12-16-23)24-17-13-10-14-18-24;1-4-17(2)25(31)28-23-18(3)34-22-16-15-21(30(22)27(23)33)26(32)29-24(19-11-7-5-8-12-19)20-13-9-6-10-14-20;1-15-14(12-8-4-2-5-9-12)13-10-6-3-7-11-13;1-7(15(6)12(20)21-13(3,4)5)10(17)14-9(8(2)16)11(18)19;1-6(2)4-3-5-7;3-2(4,5)1-6;/h9-18,21-22,25-28,38H,19-20H2,1-8H3,(H,35,40)(H,36,41);5-14,17-18,21-24H,4,15-16H2,1-3H3,(H,28,31)(H,29,32);1-11,14H;7-9,16H,1-6H3,(H,14,17)(H,18,19);5-6H,3-4H2,1-2H3;6H,1H2;1H3/q;;+1;;;;/t21-,22-,25?,26?,27-,34?;17-,18-,21?,22+,23+;;7-,8+,9-;;;/m01.0.../s1. The molecule has 702 valence electrons. The molecule has 0 radical (unpaired) electrons. The number of nitrogens with one attached hydrogen (secondary N) is 5. The van der Waals surface area contributed by atoms with Crippen molar-refractivity contribution in [3.63, 3.8) is 0 Å². The van der Waals surface area contributed by atoms with E-state index >= 15 is 0 Å². The topological polar surface area (TPSA) is 415 Å². The number of aliphatic hydroxyl groups is 3. The Morgan fingerprint density at radius 3 is 1.28 bits per heavy atom. The predicted molar refractivity (Wildman–Crippen MR) is 481 cm³/mol. The lowest BCUT2D eigenvalue weighted by Crippen LogP contribution is -2.64. The fraction of sp³-hybridized carbons (Fsp3) is 0.500. The van der Waals surface area contributed by atoms with Gasteiger partial charge in [-0.1, -0.05) is 215 Å². The van der Waals surface area contributed by atoms with Crippen LogP contribution in [0.25, 0.3) is 4.85 Å². The molecule has 0 aromatic heterocycles. The molecule has 6 aromatic carbocycles. The van der Waals surface area contributed by atoms with Crippen LogP contribution in [0.15, 0.2) is 182 Å². The summed E-state index contributed by atoms with van der Waals surface area (Å²) in [4.78, 5) is 145. The van der Waals surface area contributed by atoms with E-state index < -0.39 is 144 Å². The normalized spacial score (nSPS) is 19.0. The number of rotatable bonds is 28. The zero-order valence-electron chi connectivity index (χ0n) is 77.0. The molecule has 0 bridgehead atoms. The number of fused-ring (bicyclic) bond motifs is 1. The highest BCUT2D eigenvalue weighted by Crippen LogP contribution is 2.45. The maximum atomic E-state index is 14.2. The third kappa shape index (κ3) is 34.9. The minimum Gasteiger partial charge on any atom is -0.480 e. The summed E-state index contributed by atoms with van der Waals surface area (Å²) in [6, 6.07) is 51.8. The number of amides is 8. The third-order valence-electron chi connectivity index (χ3n) is 21.4. The maximum absolute atomic E-state index is 14.2. The van der Waals surface area contributed by atoms with E-state index in [9.17, 15) is 76.1 Å². The van der Waals surface area contributed by atoms with Gasteiger partial charge in [-0.3, -0.25) is 43.4 Å². The number of benzene rings is 6. The second-order valence-electron chi connectivity index (χ2n) is 34.1. The number of carboxylic acid groups (broad SMARTS) is 1. The minimum atomic E-state index is -4.40. The van der Waals surface area contributed by atoms with Crippen LogP contribution in [0.3, 0.4) is 0 Å². The first-order valence-corrected chi connectivity index (χ1v) is 42.5. The molecule has 14 atom stereocenters. The number of ether oxygens (including phenoxy) is 4. The molecule has 6 aromatic rings. The van der Waals surface area contributed by atoms with Gasteiger partial charge in [0, 0.05) is 44.7 Å². The van der Waals surface area contributed by atoms with Crippen LogP contribution in [-0.4, -0.2) is 212 Å². The number of carbonyl (C=O) groups excluding carboxylic acids is 10. The van der Waals surface area contributed by atoms with Gasteiger partial charge in [-0.05, 0) is 150 Å². The maximum Gasteiger partial charge on any atom is 0.411 e. The molecule has 29 nitrogen and oxygen atoms in total. The number of nitrogens with zero attached hydrogens (tertiary/aromatic N) is 4. The van der Waals surface area contributed by atoms with Gasteiger partial charge in [-0.25, -0.2) is 14.4 Å². The molecule has 3 fully saturated rings. The van der Waals surface area contributed by atoms with Gasteiger partial charge >= 0.3 is 30.4 Å². The summed E-state index contributed by atoms with van der Waals surface area (Å²) in [5.74, 6) is -5.46. The van der Waals surface area contributed by atoms with Crippen LogP contribution >= 0.6 is 0 Å². The van der Waals surface area contributed by atoms with Crippen molar-refractivity contribution in [1.82, 2.24) is 47.4 Å². The molecular weight excluding hydrogens is 1650 g/mol. The van der Waals surface area contributed by atoms with Gasteiger partial charge in [0.2, 0.25) is 29.5 Å². The van der Waals surface area contributed by atoms with Gasteiger partial charge in [0.05, 0.1) is 47.8 Å². The number of Topliss-reactive ketones (excluding diaryl/α,β-unsaturated/α-hetero) is 1. The Morgan fingerprint density at radius 1 is 0.602 bits per heavy atom. The minimum absolute atomic E-state index is 0. The third-order valence-corrected chi connectivity index (χ3v) is 21.4. The second kappa shape index (κ2) is 52.7. The number of aliphatic hydroxyl groups excluding tert-OH is 3. The Bertz CT molecular complexity index is 4370. The van der Waals surface area contributed by atoms with Crippen LogP contribution in [-0.2, 0) is 62.1 Å². The summed E-state index contributed by atoms with van der Waals surface area (Å²) >= 11 is 0.